The van der Waals surface area contributed by atoms with Gasteiger partial charge in [-0.05, 0) is 43.5 Å². The molecule has 6 heteroatoms. The fourth-order valence-electron chi connectivity index (χ4n) is 1.61. The third kappa shape index (κ3) is 4.84. The summed E-state index contributed by atoms with van der Waals surface area (Å²) < 4.78 is 11.9. The van der Waals surface area contributed by atoms with Gasteiger partial charge in [0.1, 0.15) is 6.73 Å². The Morgan fingerprint density at radius 3 is 3.05 bits per heavy atom. The van der Waals surface area contributed by atoms with E-state index < -0.39 is 6.10 Å². The first-order valence-electron chi connectivity index (χ1n) is 6.72. The number of esters is 1. The Kier molecular flexibility index (Phi) is 5.71. The van der Waals surface area contributed by atoms with Gasteiger partial charge in [0, 0.05) is 11.1 Å². The molecule has 0 N–H and O–H groups in total. The Labute approximate surface area is 127 Å². The molecule has 2 heterocycles. The summed E-state index contributed by atoms with van der Waals surface area (Å²) in [5.41, 5.74) is 0.843. The summed E-state index contributed by atoms with van der Waals surface area (Å²) in [6.07, 6.45) is 5.17. The quantitative estimate of drug-likeness (QED) is 0.738. The van der Waals surface area contributed by atoms with Gasteiger partial charge in [0.15, 0.2) is 6.10 Å². The van der Waals surface area contributed by atoms with Gasteiger partial charge >= 0.3 is 5.97 Å². The van der Waals surface area contributed by atoms with Crippen LogP contribution >= 0.6 is 11.3 Å². The van der Waals surface area contributed by atoms with Crippen molar-refractivity contribution in [1.29, 1.82) is 0 Å². The summed E-state index contributed by atoms with van der Waals surface area (Å²) in [6, 6.07) is 5.94. The Balaban J connectivity index is 1.84. The molecule has 1 unspecified atom stereocenters. The first kappa shape index (κ1) is 15.5. The molecule has 0 aliphatic rings. The van der Waals surface area contributed by atoms with Gasteiger partial charge in [-0.25, -0.2) is 9.48 Å². The predicted molar refractivity (Wildman–Crippen MR) is 82.7 cm³/mol. The van der Waals surface area contributed by atoms with Crippen molar-refractivity contribution in [2.75, 3.05) is 6.61 Å². The van der Waals surface area contributed by atoms with Crippen LogP contribution in [-0.2, 0) is 21.0 Å². The molecule has 0 aliphatic heterocycles. The fraction of sp³-hybridized carbons (Fsp3) is 0.333. The van der Waals surface area contributed by atoms with Crippen LogP contribution in [0.2, 0.25) is 0 Å². The lowest BCUT2D eigenvalue weighted by Gasteiger charge is -2.11. The molecule has 5 nitrogen and oxygen atoms in total. The summed E-state index contributed by atoms with van der Waals surface area (Å²) in [7, 11) is 0. The maximum absolute atomic E-state index is 11.4. The molecule has 0 spiro atoms. The number of nitrogens with zero attached hydrogens (tertiary/aromatic N) is 2. The van der Waals surface area contributed by atoms with Crippen molar-refractivity contribution in [1.82, 2.24) is 9.78 Å². The standard InChI is InChI=1S/C15H18N2O3S/c1-3-19-15(18)12(2)20-11-17-9-8-13(16-17)6-7-14-5-4-10-21-14/h4-10,12H,3,11H2,1-2H3/b7-6+. The van der Waals surface area contributed by atoms with Crippen molar-refractivity contribution in [3.05, 3.63) is 40.3 Å². The molecule has 1 atom stereocenters. The fourth-order valence-corrected chi connectivity index (χ4v) is 2.23. The average Bonchev–Trinajstić information content (AvgIpc) is 3.14. The SMILES string of the molecule is CCOC(=O)C(C)OCn1ccc(/C=C/c2cccs2)n1. The van der Waals surface area contributed by atoms with E-state index in [4.69, 9.17) is 9.47 Å². The maximum atomic E-state index is 11.4. The average molecular weight is 306 g/mol. The lowest BCUT2D eigenvalue weighted by Crippen LogP contribution is -2.24. The van der Waals surface area contributed by atoms with Crippen LogP contribution in [0.4, 0.5) is 0 Å². The van der Waals surface area contributed by atoms with Crippen molar-refractivity contribution in [3.8, 4) is 0 Å². The van der Waals surface area contributed by atoms with Gasteiger partial charge in [0.25, 0.3) is 0 Å². The Morgan fingerprint density at radius 1 is 1.48 bits per heavy atom. The second-order valence-corrected chi connectivity index (χ2v) is 5.30. The van der Waals surface area contributed by atoms with Crippen LogP contribution in [0.15, 0.2) is 29.8 Å². The van der Waals surface area contributed by atoms with Crippen molar-refractivity contribution in [2.45, 2.75) is 26.7 Å². The van der Waals surface area contributed by atoms with Crippen molar-refractivity contribution >= 4 is 29.5 Å². The van der Waals surface area contributed by atoms with Crippen LogP contribution in [-0.4, -0.2) is 28.5 Å². The normalized spacial score (nSPS) is 12.7. The molecule has 0 saturated heterocycles. The van der Waals surface area contributed by atoms with Crippen LogP contribution in [0.5, 0.6) is 0 Å². The Hall–Kier alpha value is -1.92. The highest BCUT2D eigenvalue weighted by Crippen LogP contribution is 2.12. The number of ether oxygens (including phenoxy) is 2. The molecule has 0 bridgehead atoms. The van der Waals surface area contributed by atoms with Crippen LogP contribution in [0.3, 0.4) is 0 Å². The number of rotatable bonds is 7. The number of hydrogen-bond acceptors (Lipinski definition) is 5. The number of carbonyl (C=O) groups is 1. The molecule has 0 aromatic carbocycles. The van der Waals surface area contributed by atoms with Crippen LogP contribution in [0.1, 0.15) is 24.4 Å². The number of thiophene rings is 1. The molecule has 2 rings (SSSR count). The summed E-state index contributed by atoms with van der Waals surface area (Å²) in [6.45, 7) is 4.00. The number of aromatic nitrogens is 2. The third-order valence-corrected chi connectivity index (χ3v) is 3.54. The molecule has 112 valence electrons. The van der Waals surface area contributed by atoms with E-state index in [-0.39, 0.29) is 12.7 Å². The summed E-state index contributed by atoms with van der Waals surface area (Å²) in [5, 5.41) is 6.37. The molecular weight excluding hydrogens is 288 g/mol. The molecule has 0 saturated carbocycles. The summed E-state index contributed by atoms with van der Waals surface area (Å²) in [5.74, 6) is -0.359. The summed E-state index contributed by atoms with van der Waals surface area (Å²) in [4.78, 5) is 12.6. The van der Waals surface area contributed by atoms with E-state index in [2.05, 4.69) is 5.10 Å². The van der Waals surface area contributed by atoms with Gasteiger partial charge in [-0.3, -0.25) is 0 Å². The molecule has 2 aromatic heterocycles. The third-order valence-electron chi connectivity index (χ3n) is 2.70. The smallest absolute Gasteiger partial charge is 0.335 e. The topological polar surface area (TPSA) is 53.4 Å². The second-order valence-electron chi connectivity index (χ2n) is 4.32. The zero-order chi connectivity index (χ0) is 15.1. The van der Waals surface area contributed by atoms with Gasteiger partial charge in [-0.15, -0.1) is 11.3 Å². The molecule has 2 aromatic rings. The highest BCUT2D eigenvalue weighted by Gasteiger charge is 2.14. The monoisotopic (exact) mass is 306 g/mol. The van der Waals surface area contributed by atoms with Gasteiger partial charge in [-0.2, -0.15) is 5.10 Å². The lowest BCUT2D eigenvalue weighted by atomic mass is 10.3. The van der Waals surface area contributed by atoms with Crippen molar-refractivity contribution in [3.63, 3.8) is 0 Å². The number of hydrogen-bond donors (Lipinski definition) is 0. The van der Waals surface area contributed by atoms with Gasteiger partial charge < -0.3 is 9.47 Å². The largest absolute Gasteiger partial charge is 0.464 e. The van der Waals surface area contributed by atoms with Crippen LogP contribution in [0, 0.1) is 0 Å². The molecular formula is C15H18N2O3S. The lowest BCUT2D eigenvalue weighted by molar-refractivity contribution is -0.158. The minimum absolute atomic E-state index is 0.215. The zero-order valence-electron chi connectivity index (χ0n) is 12.1. The van der Waals surface area contributed by atoms with E-state index in [1.54, 1.807) is 29.9 Å². The van der Waals surface area contributed by atoms with Gasteiger partial charge in [0.2, 0.25) is 0 Å². The van der Waals surface area contributed by atoms with E-state index in [0.717, 1.165) is 5.69 Å². The van der Waals surface area contributed by atoms with Crippen LogP contribution < -0.4 is 0 Å². The molecule has 21 heavy (non-hydrogen) atoms. The minimum Gasteiger partial charge on any atom is -0.464 e. The van der Waals surface area contributed by atoms with Gasteiger partial charge in [0.05, 0.1) is 12.3 Å². The van der Waals surface area contributed by atoms with Crippen LogP contribution in [0.25, 0.3) is 12.2 Å². The number of carbonyl (C=O) groups excluding carboxylic acids is 1. The Bertz CT molecular complexity index is 590. The Morgan fingerprint density at radius 2 is 2.33 bits per heavy atom. The molecule has 0 fully saturated rings. The maximum Gasteiger partial charge on any atom is 0.335 e. The predicted octanol–water partition coefficient (Wildman–Crippen LogP) is 3.04. The molecule has 0 radical (unpaired) electrons. The molecule has 0 amide bonds. The highest BCUT2D eigenvalue weighted by molar-refractivity contribution is 7.10. The van der Waals surface area contributed by atoms with E-state index >= 15 is 0 Å². The zero-order valence-corrected chi connectivity index (χ0v) is 12.9. The molecule has 0 aliphatic carbocycles. The minimum atomic E-state index is -0.598. The highest BCUT2D eigenvalue weighted by atomic mass is 32.1. The summed E-state index contributed by atoms with van der Waals surface area (Å²) >= 11 is 1.67. The second kappa shape index (κ2) is 7.75. The van der Waals surface area contributed by atoms with Crippen molar-refractivity contribution < 1.29 is 14.3 Å². The van der Waals surface area contributed by atoms with Gasteiger partial charge in [-0.1, -0.05) is 6.07 Å². The first-order valence-corrected chi connectivity index (χ1v) is 7.60. The van der Waals surface area contributed by atoms with E-state index in [9.17, 15) is 4.79 Å². The first-order chi connectivity index (χ1) is 10.2. The van der Waals surface area contributed by atoms with E-state index in [1.807, 2.05) is 41.9 Å². The van der Waals surface area contributed by atoms with E-state index in [0.29, 0.717) is 6.61 Å². The van der Waals surface area contributed by atoms with Crippen molar-refractivity contribution in [2.24, 2.45) is 0 Å². The van der Waals surface area contributed by atoms with E-state index in [1.165, 1.54) is 4.88 Å².